The first-order valence-corrected chi connectivity index (χ1v) is 8.35. The lowest BCUT2D eigenvalue weighted by Crippen LogP contribution is -2.40. The Kier molecular flexibility index (Phi) is 5.50. The van der Waals surface area contributed by atoms with Gasteiger partial charge in [-0.1, -0.05) is 11.6 Å². The topological polar surface area (TPSA) is 78.6 Å². The Morgan fingerprint density at radius 1 is 1.38 bits per heavy atom. The fourth-order valence-corrected chi connectivity index (χ4v) is 3.02. The van der Waals surface area contributed by atoms with E-state index in [0.29, 0.717) is 29.7 Å². The van der Waals surface area contributed by atoms with Crippen molar-refractivity contribution in [1.29, 1.82) is 0 Å². The van der Waals surface area contributed by atoms with Gasteiger partial charge in [0.15, 0.2) is 0 Å². The van der Waals surface area contributed by atoms with Crippen LogP contribution in [0.3, 0.4) is 0 Å². The SMILES string of the molecule is O=C(Nc1ccc(Cl)cn1)[C@@H]1CCCN(Cc2ccc(CO)o2)C1. The van der Waals surface area contributed by atoms with E-state index in [0.717, 1.165) is 25.1 Å². The molecule has 3 heterocycles. The highest BCUT2D eigenvalue weighted by Crippen LogP contribution is 2.21. The number of furan rings is 1. The average molecular weight is 350 g/mol. The molecular weight excluding hydrogens is 330 g/mol. The first-order valence-electron chi connectivity index (χ1n) is 7.97. The summed E-state index contributed by atoms with van der Waals surface area (Å²) in [5.74, 6) is 1.78. The van der Waals surface area contributed by atoms with Gasteiger partial charge >= 0.3 is 0 Å². The summed E-state index contributed by atoms with van der Waals surface area (Å²) in [5, 5.41) is 12.4. The molecule has 0 aromatic carbocycles. The zero-order valence-corrected chi connectivity index (χ0v) is 14.0. The van der Waals surface area contributed by atoms with E-state index in [9.17, 15) is 4.79 Å². The van der Waals surface area contributed by atoms with Gasteiger partial charge in [0.25, 0.3) is 0 Å². The second-order valence-corrected chi connectivity index (χ2v) is 6.39. The molecule has 24 heavy (non-hydrogen) atoms. The van der Waals surface area contributed by atoms with Crippen LogP contribution in [0.25, 0.3) is 0 Å². The number of hydrogen-bond donors (Lipinski definition) is 2. The van der Waals surface area contributed by atoms with Crippen molar-refractivity contribution in [2.24, 2.45) is 5.92 Å². The number of pyridine rings is 1. The fraction of sp³-hybridized carbons (Fsp3) is 0.412. The Morgan fingerprint density at radius 2 is 2.21 bits per heavy atom. The summed E-state index contributed by atoms with van der Waals surface area (Å²) in [4.78, 5) is 18.7. The quantitative estimate of drug-likeness (QED) is 0.867. The van der Waals surface area contributed by atoms with Crippen molar-refractivity contribution < 1.29 is 14.3 Å². The summed E-state index contributed by atoms with van der Waals surface area (Å²) in [7, 11) is 0. The summed E-state index contributed by atoms with van der Waals surface area (Å²) >= 11 is 5.80. The number of nitrogens with zero attached hydrogens (tertiary/aromatic N) is 2. The lowest BCUT2D eigenvalue weighted by atomic mass is 9.97. The van der Waals surface area contributed by atoms with Crippen molar-refractivity contribution >= 4 is 23.3 Å². The molecule has 1 aliphatic heterocycles. The predicted molar refractivity (Wildman–Crippen MR) is 90.5 cm³/mol. The number of aromatic nitrogens is 1. The number of piperidine rings is 1. The van der Waals surface area contributed by atoms with Gasteiger partial charge in [0.2, 0.25) is 5.91 Å². The van der Waals surface area contributed by atoms with Crippen LogP contribution in [-0.4, -0.2) is 34.0 Å². The Morgan fingerprint density at radius 3 is 2.92 bits per heavy atom. The number of halogens is 1. The summed E-state index contributed by atoms with van der Waals surface area (Å²) in [6.45, 7) is 2.15. The number of likely N-dealkylation sites (tertiary alicyclic amines) is 1. The highest BCUT2D eigenvalue weighted by atomic mass is 35.5. The number of carbonyl (C=O) groups is 1. The predicted octanol–water partition coefficient (Wildman–Crippen LogP) is 2.67. The Balaban J connectivity index is 1.56. The fourth-order valence-electron chi connectivity index (χ4n) is 2.90. The van der Waals surface area contributed by atoms with Crippen LogP contribution in [0.2, 0.25) is 5.02 Å². The Labute approximate surface area is 145 Å². The molecule has 1 atom stereocenters. The maximum atomic E-state index is 12.4. The molecule has 1 saturated heterocycles. The maximum absolute atomic E-state index is 12.4. The molecule has 0 aliphatic carbocycles. The molecule has 0 saturated carbocycles. The third-order valence-electron chi connectivity index (χ3n) is 4.11. The van der Waals surface area contributed by atoms with Gasteiger partial charge in [0, 0.05) is 12.7 Å². The minimum absolute atomic E-state index is 0.0231. The molecule has 7 heteroatoms. The summed E-state index contributed by atoms with van der Waals surface area (Å²) in [6, 6.07) is 7.04. The van der Waals surface area contributed by atoms with Gasteiger partial charge in [-0.25, -0.2) is 4.98 Å². The van der Waals surface area contributed by atoms with E-state index in [1.165, 1.54) is 6.20 Å². The molecular formula is C17H20ClN3O3. The second-order valence-electron chi connectivity index (χ2n) is 5.95. The van der Waals surface area contributed by atoms with E-state index in [-0.39, 0.29) is 18.4 Å². The Bertz CT molecular complexity index is 687. The molecule has 0 radical (unpaired) electrons. The van der Waals surface area contributed by atoms with Crippen molar-refractivity contribution in [3.8, 4) is 0 Å². The molecule has 3 rings (SSSR count). The van der Waals surface area contributed by atoms with Crippen LogP contribution in [0.5, 0.6) is 0 Å². The number of hydrogen-bond acceptors (Lipinski definition) is 5. The van der Waals surface area contributed by atoms with E-state index in [2.05, 4.69) is 15.2 Å². The zero-order valence-electron chi connectivity index (χ0n) is 13.2. The lowest BCUT2D eigenvalue weighted by Gasteiger charge is -2.31. The van der Waals surface area contributed by atoms with Gasteiger partial charge in [-0.2, -0.15) is 0 Å². The minimum Gasteiger partial charge on any atom is -0.462 e. The number of nitrogens with one attached hydrogen (secondary N) is 1. The van der Waals surface area contributed by atoms with E-state index in [4.69, 9.17) is 21.1 Å². The number of aliphatic hydroxyl groups excluding tert-OH is 1. The first-order chi connectivity index (χ1) is 11.6. The third kappa shape index (κ3) is 4.35. The largest absolute Gasteiger partial charge is 0.462 e. The number of rotatable bonds is 5. The van der Waals surface area contributed by atoms with Gasteiger partial charge in [-0.15, -0.1) is 0 Å². The van der Waals surface area contributed by atoms with E-state index < -0.39 is 0 Å². The van der Waals surface area contributed by atoms with Crippen LogP contribution in [0.15, 0.2) is 34.9 Å². The molecule has 2 aromatic heterocycles. The molecule has 0 spiro atoms. The zero-order chi connectivity index (χ0) is 16.9. The van der Waals surface area contributed by atoms with Gasteiger partial charge in [-0.3, -0.25) is 9.69 Å². The number of aliphatic hydroxyl groups is 1. The summed E-state index contributed by atoms with van der Waals surface area (Å²) in [6.07, 6.45) is 3.33. The van der Waals surface area contributed by atoms with E-state index >= 15 is 0 Å². The first kappa shape index (κ1) is 17.0. The molecule has 128 valence electrons. The number of carbonyl (C=O) groups excluding carboxylic acids is 1. The van der Waals surface area contributed by atoms with E-state index in [1.807, 2.05) is 6.07 Å². The van der Waals surface area contributed by atoms with E-state index in [1.54, 1.807) is 18.2 Å². The van der Waals surface area contributed by atoms with Crippen molar-refractivity contribution in [3.63, 3.8) is 0 Å². The summed E-state index contributed by atoms with van der Waals surface area (Å²) < 4.78 is 5.52. The minimum atomic E-state index is -0.0981. The normalized spacial score (nSPS) is 18.5. The second kappa shape index (κ2) is 7.79. The van der Waals surface area contributed by atoms with Gasteiger partial charge < -0.3 is 14.8 Å². The van der Waals surface area contributed by atoms with Crippen LogP contribution in [0.1, 0.15) is 24.4 Å². The molecule has 0 bridgehead atoms. The van der Waals surface area contributed by atoms with Crippen LogP contribution in [0.4, 0.5) is 5.82 Å². The molecule has 2 aromatic rings. The maximum Gasteiger partial charge on any atom is 0.229 e. The Hall–Kier alpha value is -1.89. The third-order valence-corrected chi connectivity index (χ3v) is 4.33. The van der Waals surface area contributed by atoms with Gasteiger partial charge in [0.05, 0.1) is 17.5 Å². The molecule has 1 fully saturated rings. The smallest absolute Gasteiger partial charge is 0.229 e. The monoisotopic (exact) mass is 349 g/mol. The van der Waals surface area contributed by atoms with Crippen LogP contribution in [0, 0.1) is 5.92 Å². The van der Waals surface area contributed by atoms with Crippen molar-refractivity contribution in [2.45, 2.75) is 26.0 Å². The average Bonchev–Trinajstić information content (AvgIpc) is 3.05. The molecule has 1 aliphatic rings. The van der Waals surface area contributed by atoms with Crippen molar-refractivity contribution in [3.05, 3.63) is 47.0 Å². The van der Waals surface area contributed by atoms with Crippen molar-refractivity contribution in [2.75, 3.05) is 18.4 Å². The highest BCUT2D eigenvalue weighted by Gasteiger charge is 2.26. The molecule has 6 nitrogen and oxygen atoms in total. The number of amides is 1. The van der Waals surface area contributed by atoms with Crippen LogP contribution in [-0.2, 0) is 17.9 Å². The summed E-state index contributed by atoms with van der Waals surface area (Å²) in [5.41, 5.74) is 0. The number of anilines is 1. The van der Waals surface area contributed by atoms with Crippen LogP contribution >= 0.6 is 11.6 Å². The highest BCUT2D eigenvalue weighted by molar-refractivity contribution is 6.30. The van der Waals surface area contributed by atoms with Crippen LogP contribution < -0.4 is 5.32 Å². The molecule has 2 N–H and O–H groups in total. The van der Waals surface area contributed by atoms with Crippen molar-refractivity contribution in [1.82, 2.24) is 9.88 Å². The van der Waals surface area contributed by atoms with Gasteiger partial charge in [-0.05, 0) is 43.7 Å². The molecule has 0 unspecified atom stereocenters. The lowest BCUT2D eigenvalue weighted by molar-refractivity contribution is -0.121. The van der Waals surface area contributed by atoms with Gasteiger partial charge in [0.1, 0.15) is 23.9 Å². The standard InChI is InChI=1S/C17H20ClN3O3/c18-13-3-6-16(19-8-13)20-17(23)12-2-1-7-21(9-12)10-14-4-5-15(11-22)24-14/h3-6,8,12,22H,1-2,7,9-11H2,(H,19,20,23)/t12-/m1/s1. The molecule has 1 amide bonds.